The molecule has 0 aliphatic carbocycles. The Kier molecular flexibility index (Phi) is 4.12. The lowest BCUT2D eigenvalue weighted by Gasteiger charge is -2.12. The van der Waals surface area contributed by atoms with Gasteiger partial charge in [0.2, 0.25) is 0 Å². The highest BCUT2D eigenvalue weighted by Gasteiger charge is 1.95. The Morgan fingerprint density at radius 2 is 1.85 bits per heavy atom. The zero-order valence-electron chi connectivity index (χ0n) is 8.28. The van der Waals surface area contributed by atoms with Crippen LogP contribution in [-0.4, -0.2) is 20.4 Å². The van der Waals surface area contributed by atoms with Gasteiger partial charge in [0.05, 0.1) is 6.61 Å². The van der Waals surface area contributed by atoms with Crippen molar-refractivity contribution in [3.05, 3.63) is 29.8 Å². The molecular weight excluding hydrogens is 182 g/mol. The predicted molar refractivity (Wildman–Crippen MR) is 59.1 cm³/mol. The minimum absolute atomic E-state index is 0.675. The van der Waals surface area contributed by atoms with E-state index in [0.29, 0.717) is 6.61 Å². The van der Waals surface area contributed by atoms with E-state index in [1.807, 2.05) is 20.4 Å². The molecule has 0 aliphatic heterocycles. The van der Waals surface area contributed by atoms with Crippen molar-refractivity contribution < 1.29 is 4.18 Å². The van der Waals surface area contributed by atoms with E-state index < -0.39 is 0 Å². The molecule has 0 saturated heterocycles. The fourth-order valence-electron chi connectivity index (χ4n) is 1.02. The van der Waals surface area contributed by atoms with Crippen molar-refractivity contribution in [1.82, 2.24) is 0 Å². The average molecular weight is 197 g/mol. The van der Waals surface area contributed by atoms with Crippen LogP contribution >= 0.6 is 12.0 Å². The molecule has 0 N–H and O–H groups in total. The summed E-state index contributed by atoms with van der Waals surface area (Å²) in [5.74, 6) is 0. The maximum absolute atomic E-state index is 5.22. The third kappa shape index (κ3) is 3.28. The molecule has 72 valence electrons. The van der Waals surface area contributed by atoms with Crippen LogP contribution < -0.4 is 4.90 Å². The summed E-state index contributed by atoms with van der Waals surface area (Å²) in [4.78, 5) is 2.08. The summed E-state index contributed by atoms with van der Waals surface area (Å²) in [6.07, 6.45) is 1.92. The lowest BCUT2D eigenvalue weighted by molar-refractivity contribution is 0.366. The molecule has 0 radical (unpaired) electrons. The molecule has 0 unspecified atom stereocenters. The zero-order valence-corrected chi connectivity index (χ0v) is 9.10. The van der Waals surface area contributed by atoms with Crippen LogP contribution in [0, 0.1) is 0 Å². The van der Waals surface area contributed by atoms with Crippen molar-refractivity contribution in [3.63, 3.8) is 0 Å². The molecule has 0 fully saturated rings. The number of nitrogens with zero attached hydrogens (tertiary/aromatic N) is 1. The lowest BCUT2D eigenvalue weighted by atomic mass is 10.2. The molecule has 3 heteroatoms. The van der Waals surface area contributed by atoms with Crippen LogP contribution in [0.25, 0.3) is 0 Å². The van der Waals surface area contributed by atoms with Gasteiger partial charge in [-0.1, -0.05) is 12.1 Å². The van der Waals surface area contributed by atoms with Crippen molar-refractivity contribution in [2.75, 3.05) is 25.3 Å². The SMILES string of the molecule is CSOCc1ccc(N(C)C)cc1. The molecule has 2 nitrogen and oxygen atoms in total. The summed E-state index contributed by atoms with van der Waals surface area (Å²) in [5.41, 5.74) is 2.42. The minimum atomic E-state index is 0.675. The predicted octanol–water partition coefficient (Wildman–Crippen LogP) is 2.55. The molecule has 1 aromatic carbocycles. The number of hydrogen-bond acceptors (Lipinski definition) is 3. The quantitative estimate of drug-likeness (QED) is 0.688. The third-order valence-corrected chi connectivity index (χ3v) is 2.15. The summed E-state index contributed by atoms with van der Waals surface area (Å²) in [5, 5.41) is 0. The van der Waals surface area contributed by atoms with Gasteiger partial charge >= 0.3 is 0 Å². The highest BCUT2D eigenvalue weighted by Crippen LogP contribution is 2.13. The normalized spacial score (nSPS) is 10.1. The molecule has 1 rings (SSSR count). The third-order valence-electron chi connectivity index (χ3n) is 1.80. The second-order valence-electron chi connectivity index (χ2n) is 2.99. The molecule has 0 aromatic heterocycles. The Labute approximate surface area is 84.1 Å². The maximum Gasteiger partial charge on any atom is 0.0864 e. The van der Waals surface area contributed by atoms with Crippen molar-refractivity contribution in [2.45, 2.75) is 6.61 Å². The first-order valence-corrected chi connectivity index (χ1v) is 5.31. The van der Waals surface area contributed by atoms with Crippen LogP contribution in [0.5, 0.6) is 0 Å². The van der Waals surface area contributed by atoms with Crippen molar-refractivity contribution in [2.24, 2.45) is 0 Å². The summed E-state index contributed by atoms with van der Waals surface area (Å²) in [6, 6.07) is 8.37. The van der Waals surface area contributed by atoms with Crippen LogP contribution in [-0.2, 0) is 10.8 Å². The number of anilines is 1. The second kappa shape index (κ2) is 5.14. The van der Waals surface area contributed by atoms with E-state index in [-0.39, 0.29) is 0 Å². The maximum atomic E-state index is 5.22. The number of rotatable bonds is 4. The summed E-state index contributed by atoms with van der Waals surface area (Å²) >= 11 is 1.40. The molecule has 13 heavy (non-hydrogen) atoms. The zero-order chi connectivity index (χ0) is 9.68. The fraction of sp³-hybridized carbons (Fsp3) is 0.400. The molecule has 0 aliphatic rings. The van der Waals surface area contributed by atoms with Crippen LogP contribution in [0.3, 0.4) is 0 Å². The van der Waals surface area contributed by atoms with Gasteiger partial charge in [0.15, 0.2) is 0 Å². The molecule has 0 bridgehead atoms. The van der Waals surface area contributed by atoms with E-state index in [1.165, 1.54) is 23.3 Å². The first-order chi connectivity index (χ1) is 6.24. The Morgan fingerprint density at radius 1 is 1.23 bits per heavy atom. The number of benzene rings is 1. The molecule has 0 spiro atoms. The lowest BCUT2D eigenvalue weighted by Crippen LogP contribution is -2.08. The standard InChI is InChI=1S/C10H15NOS/c1-11(2)10-6-4-9(5-7-10)8-12-13-3/h4-7H,8H2,1-3H3. The molecule has 0 saturated carbocycles. The van der Waals surface area contributed by atoms with E-state index >= 15 is 0 Å². The summed E-state index contributed by atoms with van der Waals surface area (Å²) in [6.45, 7) is 0.675. The van der Waals surface area contributed by atoms with Crippen molar-refractivity contribution in [1.29, 1.82) is 0 Å². The molecule has 0 atom stereocenters. The van der Waals surface area contributed by atoms with Gasteiger partial charge in [-0.3, -0.25) is 0 Å². The number of hydrogen-bond donors (Lipinski definition) is 0. The topological polar surface area (TPSA) is 12.5 Å². The van der Waals surface area contributed by atoms with E-state index in [9.17, 15) is 0 Å². The first kappa shape index (κ1) is 10.4. The van der Waals surface area contributed by atoms with Crippen LogP contribution in [0.4, 0.5) is 5.69 Å². The van der Waals surface area contributed by atoms with Gasteiger partial charge in [0.25, 0.3) is 0 Å². The van der Waals surface area contributed by atoms with E-state index in [4.69, 9.17) is 4.18 Å². The Balaban J connectivity index is 2.59. The molecular formula is C10H15NOS. The van der Waals surface area contributed by atoms with Gasteiger partial charge in [-0.25, -0.2) is 0 Å². The average Bonchev–Trinajstić information content (AvgIpc) is 2.15. The minimum Gasteiger partial charge on any atom is -0.378 e. The van der Waals surface area contributed by atoms with E-state index in [2.05, 4.69) is 29.2 Å². The smallest absolute Gasteiger partial charge is 0.0864 e. The van der Waals surface area contributed by atoms with Gasteiger partial charge < -0.3 is 9.08 Å². The highest BCUT2D eigenvalue weighted by atomic mass is 32.2. The van der Waals surface area contributed by atoms with Crippen molar-refractivity contribution in [3.8, 4) is 0 Å². The van der Waals surface area contributed by atoms with E-state index in [1.54, 1.807) is 0 Å². The van der Waals surface area contributed by atoms with Gasteiger partial charge in [0, 0.05) is 26.0 Å². The van der Waals surface area contributed by atoms with Gasteiger partial charge in [-0.2, -0.15) is 0 Å². The molecule has 1 aromatic rings. The van der Waals surface area contributed by atoms with Crippen LogP contribution in [0.15, 0.2) is 24.3 Å². The highest BCUT2D eigenvalue weighted by molar-refractivity contribution is 7.93. The van der Waals surface area contributed by atoms with Gasteiger partial charge in [-0.05, 0) is 29.7 Å². The molecule has 0 heterocycles. The largest absolute Gasteiger partial charge is 0.378 e. The Bertz CT molecular complexity index is 246. The van der Waals surface area contributed by atoms with Gasteiger partial charge in [-0.15, -0.1) is 0 Å². The Morgan fingerprint density at radius 3 is 2.31 bits per heavy atom. The fourth-order valence-corrected chi connectivity index (χ4v) is 1.27. The second-order valence-corrected chi connectivity index (χ2v) is 3.56. The summed E-state index contributed by atoms with van der Waals surface area (Å²) in [7, 11) is 4.07. The first-order valence-electron chi connectivity index (χ1n) is 4.16. The van der Waals surface area contributed by atoms with Crippen molar-refractivity contribution >= 4 is 17.7 Å². The van der Waals surface area contributed by atoms with Crippen LogP contribution in [0.2, 0.25) is 0 Å². The van der Waals surface area contributed by atoms with Crippen LogP contribution in [0.1, 0.15) is 5.56 Å². The van der Waals surface area contributed by atoms with E-state index in [0.717, 1.165) is 0 Å². The van der Waals surface area contributed by atoms with Gasteiger partial charge in [0.1, 0.15) is 0 Å². The summed E-state index contributed by atoms with van der Waals surface area (Å²) < 4.78 is 5.22. The monoisotopic (exact) mass is 197 g/mol. The Hall–Kier alpha value is -0.670. The molecule has 0 amide bonds.